The molecule has 6 heteroatoms. The molecule has 6 nitrogen and oxygen atoms in total. The first-order valence-electron chi connectivity index (χ1n) is 8.19. The van der Waals surface area contributed by atoms with E-state index in [1.807, 2.05) is 53.9 Å². The summed E-state index contributed by atoms with van der Waals surface area (Å²) in [5.41, 5.74) is 1.82. The Morgan fingerprint density at radius 1 is 1.08 bits per heavy atom. The molecule has 0 aliphatic rings. The molecule has 1 aromatic carbocycles. The van der Waals surface area contributed by atoms with Crippen molar-refractivity contribution in [3.05, 3.63) is 29.8 Å². The van der Waals surface area contributed by atoms with Crippen LogP contribution in [-0.4, -0.2) is 52.1 Å². The Bertz CT molecular complexity index is 559. The molecule has 1 atom stereocenters. The van der Waals surface area contributed by atoms with Crippen molar-refractivity contribution < 1.29 is 14.5 Å². The number of amides is 2. The average Bonchev–Trinajstić information content (AvgIpc) is 2.45. The van der Waals surface area contributed by atoms with Crippen molar-refractivity contribution in [3.8, 4) is 0 Å². The van der Waals surface area contributed by atoms with E-state index in [0.29, 0.717) is 6.54 Å². The number of hydrogen-bond acceptors (Lipinski definition) is 3. The van der Waals surface area contributed by atoms with Crippen molar-refractivity contribution in [2.45, 2.75) is 32.4 Å². The third kappa shape index (κ3) is 6.20. The fraction of sp³-hybridized carbons (Fsp3) is 0.556. The fourth-order valence-corrected chi connectivity index (χ4v) is 2.33. The highest BCUT2D eigenvalue weighted by atomic mass is 16.2. The molecule has 0 heterocycles. The maximum atomic E-state index is 12.0. The normalized spacial score (nSPS) is 12.7. The van der Waals surface area contributed by atoms with Crippen LogP contribution in [0.25, 0.3) is 0 Å². The Hall–Kier alpha value is -2.08. The van der Waals surface area contributed by atoms with Crippen LogP contribution >= 0.6 is 0 Å². The molecule has 0 spiro atoms. The van der Waals surface area contributed by atoms with Gasteiger partial charge < -0.3 is 20.4 Å². The monoisotopic (exact) mass is 335 g/mol. The molecule has 0 radical (unpaired) electrons. The zero-order chi connectivity index (χ0) is 18.5. The molecule has 0 bridgehead atoms. The van der Waals surface area contributed by atoms with Crippen LogP contribution < -0.4 is 20.4 Å². The Kier molecular flexibility index (Phi) is 6.78. The highest BCUT2D eigenvalue weighted by Crippen LogP contribution is 2.16. The lowest BCUT2D eigenvalue weighted by atomic mass is 10.1. The first-order chi connectivity index (χ1) is 11.0. The van der Waals surface area contributed by atoms with E-state index in [2.05, 4.69) is 34.9 Å². The predicted molar refractivity (Wildman–Crippen MR) is 97.2 cm³/mol. The lowest BCUT2D eigenvalue weighted by molar-refractivity contribution is -0.890. The number of benzene rings is 1. The van der Waals surface area contributed by atoms with Crippen LogP contribution in [0, 0.1) is 0 Å². The van der Waals surface area contributed by atoms with Gasteiger partial charge in [-0.05, 0) is 32.9 Å². The zero-order valence-corrected chi connectivity index (χ0v) is 15.9. The van der Waals surface area contributed by atoms with E-state index in [0.717, 1.165) is 11.3 Å². The van der Waals surface area contributed by atoms with Crippen molar-refractivity contribution in [2.24, 2.45) is 0 Å². The lowest BCUT2D eigenvalue weighted by Gasteiger charge is -2.24. The van der Waals surface area contributed by atoms with Crippen molar-refractivity contribution >= 4 is 17.5 Å². The number of likely N-dealkylation sites (N-methyl/N-ethyl adjacent to an activating group) is 1. The molecular weight excluding hydrogens is 304 g/mol. The second-order valence-electron chi connectivity index (χ2n) is 7.53. The number of carbonyl (C=O) groups excluding carboxylic acids is 2. The van der Waals surface area contributed by atoms with E-state index >= 15 is 0 Å². The van der Waals surface area contributed by atoms with E-state index in [4.69, 9.17) is 0 Å². The molecule has 0 saturated heterocycles. The van der Waals surface area contributed by atoms with Gasteiger partial charge in [0.2, 0.25) is 0 Å². The summed E-state index contributed by atoms with van der Waals surface area (Å²) in [6, 6.07) is 8.31. The predicted octanol–water partition coefficient (Wildman–Crippen LogP) is -0.0309. The Morgan fingerprint density at radius 3 is 2.04 bits per heavy atom. The average molecular weight is 335 g/mol. The first-order valence-corrected chi connectivity index (χ1v) is 8.19. The van der Waals surface area contributed by atoms with E-state index in [1.165, 1.54) is 4.90 Å². The number of hydrogen-bond donors (Lipinski definition) is 3. The van der Waals surface area contributed by atoms with E-state index in [9.17, 15) is 9.59 Å². The number of anilines is 1. The highest BCUT2D eigenvalue weighted by Gasteiger charge is 2.23. The minimum Gasteiger partial charge on any atom is -0.378 e. The summed E-state index contributed by atoms with van der Waals surface area (Å²) < 4.78 is 0. The van der Waals surface area contributed by atoms with Crippen LogP contribution in [-0.2, 0) is 9.59 Å². The smallest absolute Gasteiger partial charge is 0.309 e. The molecule has 3 N–H and O–H groups in total. The van der Waals surface area contributed by atoms with E-state index in [-0.39, 0.29) is 6.04 Å². The third-order valence-corrected chi connectivity index (χ3v) is 3.67. The van der Waals surface area contributed by atoms with Crippen LogP contribution in [0.5, 0.6) is 0 Å². The van der Waals surface area contributed by atoms with Crippen molar-refractivity contribution in [2.75, 3.05) is 39.6 Å². The fourth-order valence-electron chi connectivity index (χ4n) is 2.33. The molecule has 1 rings (SSSR count). The molecule has 0 unspecified atom stereocenters. The van der Waals surface area contributed by atoms with Gasteiger partial charge in [0.1, 0.15) is 6.04 Å². The molecule has 134 valence electrons. The molecule has 0 saturated carbocycles. The van der Waals surface area contributed by atoms with Gasteiger partial charge in [-0.1, -0.05) is 12.1 Å². The van der Waals surface area contributed by atoms with Gasteiger partial charge in [0.05, 0.1) is 20.6 Å². The van der Waals surface area contributed by atoms with Crippen molar-refractivity contribution in [1.82, 2.24) is 10.6 Å². The minimum absolute atomic E-state index is 0.0765. The molecular formula is C18H31N4O2+. The van der Waals surface area contributed by atoms with Gasteiger partial charge in [0, 0.05) is 30.9 Å². The number of nitrogens with one attached hydrogen (secondary N) is 3. The van der Waals surface area contributed by atoms with Gasteiger partial charge in [-0.3, -0.25) is 9.59 Å². The summed E-state index contributed by atoms with van der Waals surface area (Å²) in [7, 11) is 8.06. The minimum atomic E-state index is -0.599. The van der Waals surface area contributed by atoms with Crippen LogP contribution in [0.3, 0.4) is 0 Å². The Labute approximate surface area is 145 Å². The summed E-state index contributed by atoms with van der Waals surface area (Å²) >= 11 is 0. The van der Waals surface area contributed by atoms with Gasteiger partial charge in [-0.2, -0.15) is 0 Å². The molecule has 0 fully saturated rings. The van der Waals surface area contributed by atoms with Crippen molar-refractivity contribution in [1.29, 1.82) is 0 Å². The molecule has 0 aliphatic carbocycles. The lowest BCUT2D eigenvalue weighted by Crippen LogP contribution is -3.07. The summed E-state index contributed by atoms with van der Waals surface area (Å²) in [4.78, 5) is 27.1. The van der Waals surface area contributed by atoms with Crippen LogP contribution in [0.2, 0.25) is 0 Å². The number of carbonyl (C=O) groups is 2. The van der Waals surface area contributed by atoms with Crippen LogP contribution in [0.1, 0.15) is 32.4 Å². The maximum absolute atomic E-state index is 12.0. The quantitative estimate of drug-likeness (QED) is 0.662. The van der Waals surface area contributed by atoms with Crippen molar-refractivity contribution in [3.63, 3.8) is 0 Å². The molecule has 0 aromatic heterocycles. The van der Waals surface area contributed by atoms with Crippen LogP contribution in [0.15, 0.2) is 24.3 Å². The molecule has 24 heavy (non-hydrogen) atoms. The number of nitrogens with zero attached hydrogens (tertiary/aromatic N) is 1. The highest BCUT2D eigenvalue weighted by molar-refractivity contribution is 6.35. The van der Waals surface area contributed by atoms with Gasteiger partial charge in [-0.15, -0.1) is 0 Å². The summed E-state index contributed by atoms with van der Waals surface area (Å²) in [6.45, 7) is 5.94. The molecule has 2 amide bonds. The first kappa shape index (κ1) is 20.0. The standard InChI is InChI=1S/C18H30N4O2/c1-18(2,3)20-17(24)16(23)19-12-15(22(6)7)13-8-10-14(11-9-13)21(4)5/h8-11,15H,12H2,1-7H3,(H,19,23)(H,20,24)/p+1/t15-/m1/s1. The second-order valence-corrected chi connectivity index (χ2v) is 7.53. The van der Waals surface area contributed by atoms with Gasteiger partial charge in [0.25, 0.3) is 0 Å². The van der Waals surface area contributed by atoms with Gasteiger partial charge in [0.15, 0.2) is 0 Å². The molecule has 0 aliphatic heterocycles. The van der Waals surface area contributed by atoms with Gasteiger partial charge in [-0.25, -0.2) is 0 Å². The van der Waals surface area contributed by atoms with Gasteiger partial charge >= 0.3 is 11.8 Å². The number of rotatable bonds is 5. The molecule has 1 aromatic rings. The topological polar surface area (TPSA) is 65.9 Å². The van der Waals surface area contributed by atoms with Crippen LogP contribution in [0.4, 0.5) is 5.69 Å². The second kappa shape index (κ2) is 8.15. The zero-order valence-electron chi connectivity index (χ0n) is 15.9. The Balaban J connectivity index is 2.73. The third-order valence-electron chi connectivity index (χ3n) is 3.67. The van der Waals surface area contributed by atoms with E-state index < -0.39 is 17.4 Å². The SMILES string of the molecule is CN(C)c1ccc([C@@H](CNC(=O)C(=O)NC(C)(C)C)[NH+](C)C)cc1. The summed E-state index contributed by atoms with van der Waals surface area (Å²) in [5, 5.41) is 5.41. The summed E-state index contributed by atoms with van der Waals surface area (Å²) in [6.07, 6.45) is 0. The maximum Gasteiger partial charge on any atom is 0.309 e. The Morgan fingerprint density at radius 2 is 1.62 bits per heavy atom. The number of quaternary nitrogens is 1. The van der Waals surface area contributed by atoms with E-state index in [1.54, 1.807) is 0 Å². The largest absolute Gasteiger partial charge is 0.378 e. The summed E-state index contributed by atoms with van der Waals surface area (Å²) in [5.74, 6) is -1.20.